The van der Waals surface area contributed by atoms with Gasteiger partial charge in [-0.15, -0.1) is 0 Å². The maximum atomic E-state index is 11.4. The van der Waals surface area contributed by atoms with Crippen molar-refractivity contribution in [3.63, 3.8) is 0 Å². The molecule has 19 heavy (non-hydrogen) atoms. The zero-order chi connectivity index (χ0) is 13.7. The third kappa shape index (κ3) is 3.98. The Bertz CT molecular complexity index is 444. The standard InChI is InChI=1S/C15H21NO2S/c1-3-18-15-5-4-13(11(2)17)6-14(15)10-19-9-12-7-16-8-12/h4-6,12,16H,3,7-10H2,1-2H3. The lowest BCUT2D eigenvalue weighted by Gasteiger charge is -2.26. The van der Waals surface area contributed by atoms with E-state index < -0.39 is 0 Å². The number of ether oxygens (including phenoxy) is 1. The Morgan fingerprint density at radius 3 is 2.84 bits per heavy atom. The Kier molecular flexibility index (Phi) is 5.28. The van der Waals surface area contributed by atoms with E-state index in [-0.39, 0.29) is 5.78 Å². The van der Waals surface area contributed by atoms with E-state index in [2.05, 4.69) is 5.32 Å². The van der Waals surface area contributed by atoms with Crippen molar-refractivity contribution < 1.29 is 9.53 Å². The molecule has 104 valence electrons. The molecule has 0 bridgehead atoms. The third-order valence-electron chi connectivity index (χ3n) is 3.24. The predicted molar refractivity (Wildman–Crippen MR) is 80.1 cm³/mol. The Labute approximate surface area is 119 Å². The average molecular weight is 279 g/mol. The van der Waals surface area contributed by atoms with E-state index in [9.17, 15) is 4.79 Å². The monoisotopic (exact) mass is 279 g/mol. The highest BCUT2D eigenvalue weighted by Crippen LogP contribution is 2.26. The van der Waals surface area contributed by atoms with Crippen LogP contribution in [0.5, 0.6) is 5.75 Å². The van der Waals surface area contributed by atoms with Gasteiger partial charge in [-0.3, -0.25) is 4.79 Å². The minimum absolute atomic E-state index is 0.109. The van der Waals surface area contributed by atoms with Gasteiger partial charge in [0.1, 0.15) is 5.75 Å². The summed E-state index contributed by atoms with van der Waals surface area (Å²) in [5.41, 5.74) is 1.90. The normalized spacial score (nSPS) is 15.1. The van der Waals surface area contributed by atoms with Crippen LogP contribution in [-0.4, -0.2) is 31.2 Å². The van der Waals surface area contributed by atoms with Crippen molar-refractivity contribution in [2.24, 2.45) is 5.92 Å². The summed E-state index contributed by atoms with van der Waals surface area (Å²) < 4.78 is 5.63. The summed E-state index contributed by atoms with van der Waals surface area (Å²) in [5.74, 6) is 3.90. The van der Waals surface area contributed by atoms with E-state index in [1.54, 1.807) is 6.92 Å². The number of nitrogens with one attached hydrogen (secondary N) is 1. The van der Waals surface area contributed by atoms with Gasteiger partial charge in [0.15, 0.2) is 5.78 Å². The fraction of sp³-hybridized carbons (Fsp3) is 0.533. The highest BCUT2D eigenvalue weighted by Gasteiger charge is 2.16. The maximum Gasteiger partial charge on any atom is 0.159 e. The summed E-state index contributed by atoms with van der Waals surface area (Å²) in [6, 6.07) is 5.73. The summed E-state index contributed by atoms with van der Waals surface area (Å²) in [6.45, 7) is 6.52. The van der Waals surface area contributed by atoms with Crippen LogP contribution in [0.1, 0.15) is 29.8 Å². The van der Waals surface area contributed by atoms with Gasteiger partial charge in [0.25, 0.3) is 0 Å². The molecular formula is C15H21NO2S. The van der Waals surface area contributed by atoms with Crippen LogP contribution in [-0.2, 0) is 5.75 Å². The molecule has 1 heterocycles. The molecule has 0 spiro atoms. The van der Waals surface area contributed by atoms with Gasteiger partial charge in [-0.25, -0.2) is 0 Å². The minimum Gasteiger partial charge on any atom is -0.494 e. The SMILES string of the molecule is CCOc1ccc(C(C)=O)cc1CSCC1CNC1. The van der Waals surface area contributed by atoms with Gasteiger partial charge in [-0.1, -0.05) is 0 Å². The molecule has 0 aromatic heterocycles. The topological polar surface area (TPSA) is 38.3 Å². The molecular weight excluding hydrogens is 258 g/mol. The summed E-state index contributed by atoms with van der Waals surface area (Å²) in [7, 11) is 0. The van der Waals surface area contributed by atoms with Gasteiger partial charge in [-0.05, 0) is 56.8 Å². The van der Waals surface area contributed by atoms with E-state index in [0.29, 0.717) is 6.61 Å². The van der Waals surface area contributed by atoms with Crippen molar-refractivity contribution >= 4 is 17.5 Å². The Morgan fingerprint density at radius 2 is 2.26 bits per heavy atom. The van der Waals surface area contributed by atoms with E-state index in [1.165, 1.54) is 5.75 Å². The zero-order valence-electron chi connectivity index (χ0n) is 11.6. The highest BCUT2D eigenvalue weighted by atomic mass is 32.2. The quantitative estimate of drug-likeness (QED) is 0.779. The predicted octanol–water partition coefficient (Wildman–Crippen LogP) is 2.74. The van der Waals surface area contributed by atoms with E-state index in [4.69, 9.17) is 4.74 Å². The Balaban J connectivity index is 2.00. The van der Waals surface area contributed by atoms with Crippen LogP contribution in [0.4, 0.5) is 0 Å². The zero-order valence-corrected chi connectivity index (χ0v) is 12.4. The Morgan fingerprint density at radius 1 is 1.47 bits per heavy atom. The first kappa shape index (κ1) is 14.4. The summed E-state index contributed by atoms with van der Waals surface area (Å²) >= 11 is 1.92. The van der Waals surface area contributed by atoms with Crippen molar-refractivity contribution in [3.05, 3.63) is 29.3 Å². The second-order valence-corrected chi connectivity index (χ2v) is 5.88. The van der Waals surface area contributed by atoms with Gasteiger partial charge in [-0.2, -0.15) is 11.8 Å². The first-order valence-electron chi connectivity index (χ1n) is 6.75. The first-order valence-corrected chi connectivity index (χ1v) is 7.91. The second-order valence-electron chi connectivity index (χ2n) is 4.85. The fourth-order valence-corrected chi connectivity index (χ4v) is 3.14. The van der Waals surface area contributed by atoms with E-state index >= 15 is 0 Å². The number of benzene rings is 1. The molecule has 1 saturated heterocycles. The van der Waals surface area contributed by atoms with Crippen LogP contribution in [0.2, 0.25) is 0 Å². The molecule has 1 N–H and O–H groups in total. The smallest absolute Gasteiger partial charge is 0.159 e. The lowest BCUT2D eigenvalue weighted by Crippen LogP contribution is -2.43. The van der Waals surface area contributed by atoms with Gasteiger partial charge < -0.3 is 10.1 Å². The van der Waals surface area contributed by atoms with Crippen molar-refractivity contribution in [3.8, 4) is 5.75 Å². The molecule has 4 heteroatoms. The van der Waals surface area contributed by atoms with Gasteiger partial charge >= 0.3 is 0 Å². The van der Waals surface area contributed by atoms with Crippen LogP contribution in [0.25, 0.3) is 0 Å². The second kappa shape index (κ2) is 6.96. The van der Waals surface area contributed by atoms with Crippen molar-refractivity contribution in [2.45, 2.75) is 19.6 Å². The number of hydrogen-bond donors (Lipinski definition) is 1. The van der Waals surface area contributed by atoms with E-state index in [1.807, 2.05) is 36.9 Å². The van der Waals surface area contributed by atoms with Crippen LogP contribution >= 0.6 is 11.8 Å². The summed E-state index contributed by atoms with van der Waals surface area (Å²) in [5, 5.41) is 3.28. The number of thioether (sulfide) groups is 1. The lowest BCUT2D eigenvalue weighted by molar-refractivity contribution is 0.101. The van der Waals surface area contributed by atoms with Crippen molar-refractivity contribution in [1.29, 1.82) is 0 Å². The van der Waals surface area contributed by atoms with Crippen molar-refractivity contribution in [1.82, 2.24) is 5.32 Å². The molecule has 1 aliphatic heterocycles. The molecule has 0 atom stereocenters. The Hall–Kier alpha value is -1.00. The highest BCUT2D eigenvalue weighted by molar-refractivity contribution is 7.98. The third-order valence-corrected chi connectivity index (χ3v) is 4.47. The molecule has 0 unspecified atom stereocenters. The number of rotatable bonds is 7. The van der Waals surface area contributed by atoms with E-state index in [0.717, 1.165) is 41.6 Å². The molecule has 0 saturated carbocycles. The van der Waals surface area contributed by atoms with Crippen LogP contribution in [0.3, 0.4) is 0 Å². The fourth-order valence-electron chi connectivity index (χ4n) is 2.01. The molecule has 1 aromatic carbocycles. The molecule has 1 aliphatic rings. The maximum absolute atomic E-state index is 11.4. The molecule has 1 fully saturated rings. The van der Waals surface area contributed by atoms with Crippen LogP contribution < -0.4 is 10.1 Å². The summed E-state index contributed by atoms with van der Waals surface area (Å²) in [6.07, 6.45) is 0. The van der Waals surface area contributed by atoms with Crippen molar-refractivity contribution in [2.75, 3.05) is 25.4 Å². The van der Waals surface area contributed by atoms with Gasteiger partial charge in [0.2, 0.25) is 0 Å². The summed E-state index contributed by atoms with van der Waals surface area (Å²) in [4.78, 5) is 11.4. The number of ketones is 1. The lowest BCUT2D eigenvalue weighted by atomic mass is 10.1. The van der Waals surface area contributed by atoms with Gasteiger partial charge in [0.05, 0.1) is 6.61 Å². The first-order chi connectivity index (χ1) is 9.20. The average Bonchev–Trinajstić information content (AvgIpc) is 2.34. The van der Waals surface area contributed by atoms with Crippen LogP contribution in [0, 0.1) is 5.92 Å². The molecule has 1 aromatic rings. The molecule has 0 aliphatic carbocycles. The largest absolute Gasteiger partial charge is 0.494 e. The number of hydrogen-bond acceptors (Lipinski definition) is 4. The number of Topliss-reactive ketones (excluding diaryl/α,β-unsaturated/α-hetero) is 1. The molecule has 0 radical (unpaired) electrons. The van der Waals surface area contributed by atoms with Gasteiger partial charge in [0, 0.05) is 16.9 Å². The number of carbonyl (C=O) groups excluding carboxylic acids is 1. The molecule has 3 nitrogen and oxygen atoms in total. The number of carbonyl (C=O) groups is 1. The molecule has 0 amide bonds. The minimum atomic E-state index is 0.109. The van der Waals surface area contributed by atoms with Crippen LogP contribution in [0.15, 0.2) is 18.2 Å². The molecule has 2 rings (SSSR count).